The third kappa shape index (κ3) is 2.68. The normalized spacial score (nSPS) is 29.4. The zero-order chi connectivity index (χ0) is 14.2. The van der Waals surface area contributed by atoms with Crippen LogP contribution in [0.1, 0.15) is 38.5 Å². The molecule has 0 aromatic carbocycles. The molecule has 3 aliphatic rings. The Morgan fingerprint density at radius 2 is 1.85 bits per heavy atom. The second-order valence-corrected chi connectivity index (χ2v) is 6.74. The second kappa shape index (κ2) is 5.35. The smallest absolute Gasteiger partial charge is 0.303 e. The van der Waals surface area contributed by atoms with Crippen molar-refractivity contribution < 1.29 is 14.7 Å². The summed E-state index contributed by atoms with van der Waals surface area (Å²) in [4.78, 5) is 25.3. The van der Waals surface area contributed by atoms with Crippen LogP contribution in [0.3, 0.4) is 0 Å². The molecule has 3 rings (SSSR count). The molecule has 0 aromatic heterocycles. The van der Waals surface area contributed by atoms with Crippen molar-refractivity contribution in [3.05, 3.63) is 0 Å². The minimum absolute atomic E-state index is 0.251. The molecule has 112 valence electrons. The molecular weight excluding hydrogens is 256 g/mol. The van der Waals surface area contributed by atoms with E-state index in [2.05, 4.69) is 5.32 Å². The largest absolute Gasteiger partial charge is 0.481 e. The Labute approximate surface area is 119 Å². The number of amides is 1. The van der Waals surface area contributed by atoms with Gasteiger partial charge in [-0.1, -0.05) is 0 Å². The third-order valence-electron chi connectivity index (χ3n) is 5.48. The molecule has 1 aliphatic carbocycles. The van der Waals surface area contributed by atoms with Gasteiger partial charge >= 0.3 is 5.97 Å². The number of carbonyl (C=O) groups excluding carboxylic acids is 1. The van der Waals surface area contributed by atoms with E-state index < -0.39 is 5.97 Å². The topological polar surface area (TPSA) is 69.6 Å². The summed E-state index contributed by atoms with van der Waals surface area (Å²) >= 11 is 0. The molecule has 2 heterocycles. The van der Waals surface area contributed by atoms with Crippen LogP contribution in [-0.4, -0.2) is 48.1 Å². The molecule has 3 fully saturated rings. The van der Waals surface area contributed by atoms with E-state index in [9.17, 15) is 9.59 Å². The highest BCUT2D eigenvalue weighted by atomic mass is 16.4. The van der Waals surface area contributed by atoms with Crippen molar-refractivity contribution in [1.29, 1.82) is 0 Å². The van der Waals surface area contributed by atoms with Gasteiger partial charge in [0.25, 0.3) is 0 Å². The standard InChI is InChI=1S/C15H24N2O3/c18-13(19)9-11-1-7-17(8-2-11)14(20)12-10-15(12)3-5-16-6-4-15/h11-12,16H,1-10H2,(H,18,19). The first-order chi connectivity index (χ1) is 9.61. The molecule has 1 unspecified atom stereocenters. The van der Waals surface area contributed by atoms with Gasteiger partial charge < -0.3 is 15.3 Å². The van der Waals surface area contributed by atoms with Gasteiger partial charge in [0, 0.05) is 25.4 Å². The van der Waals surface area contributed by atoms with E-state index in [-0.39, 0.29) is 18.3 Å². The van der Waals surface area contributed by atoms with E-state index >= 15 is 0 Å². The molecule has 2 saturated heterocycles. The van der Waals surface area contributed by atoms with Crippen LogP contribution in [0.25, 0.3) is 0 Å². The Morgan fingerprint density at radius 1 is 1.20 bits per heavy atom. The molecule has 5 nitrogen and oxygen atoms in total. The Kier molecular flexibility index (Phi) is 3.71. The van der Waals surface area contributed by atoms with Gasteiger partial charge in [-0.05, 0) is 56.5 Å². The van der Waals surface area contributed by atoms with Crippen molar-refractivity contribution in [2.75, 3.05) is 26.2 Å². The van der Waals surface area contributed by atoms with E-state index in [1.54, 1.807) is 0 Å². The molecule has 1 spiro atoms. The summed E-state index contributed by atoms with van der Waals surface area (Å²) in [6, 6.07) is 0. The maximum atomic E-state index is 12.6. The van der Waals surface area contributed by atoms with E-state index in [0.29, 0.717) is 11.3 Å². The molecular formula is C15H24N2O3. The third-order valence-corrected chi connectivity index (χ3v) is 5.48. The van der Waals surface area contributed by atoms with E-state index in [0.717, 1.165) is 58.3 Å². The quantitative estimate of drug-likeness (QED) is 0.812. The van der Waals surface area contributed by atoms with Crippen LogP contribution < -0.4 is 5.32 Å². The van der Waals surface area contributed by atoms with Crippen LogP contribution in [0.4, 0.5) is 0 Å². The molecule has 20 heavy (non-hydrogen) atoms. The minimum Gasteiger partial charge on any atom is -0.481 e. The van der Waals surface area contributed by atoms with Crippen LogP contribution in [0.15, 0.2) is 0 Å². The fraction of sp³-hybridized carbons (Fsp3) is 0.867. The van der Waals surface area contributed by atoms with Crippen LogP contribution in [-0.2, 0) is 9.59 Å². The van der Waals surface area contributed by atoms with Crippen molar-refractivity contribution >= 4 is 11.9 Å². The van der Waals surface area contributed by atoms with Gasteiger partial charge in [0.1, 0.15) is 0 Å². The lowest BCUT2D eigenvalue weighted by Gasteiger charge is -2.32. The lowest BCUT2D eigenvalue weighted by atomic mass is 9.90. The summed E-state index contributed by atoms with van der Waals surface area (Å²) in [5.41, 5.74) is 0.306. The second-order valence-electron chi connectivity index (χ2n) is 6.74. The summed E-state index contributed by atoms with van der Waals surface area (Å²) in [5.74, 6) is 0.121. The maximum absolute atomic E-state index is 12.6. The number of rotatable bonds is 3. The van der Waals surface area contributed by atoms with Gasteiger partial charge in [-0.15, -0.1) is 0 Å². The molecule has 1 atom stereocenters. The fourth-order valence-corrected chi connectivity index (χ4v) is 4.00. The molecule has 2 N–H and O–H groups in total. The lowest BCUT2D eigenvalue weighted by Crippen LogP contribution is -2.41. The van der Waals surface area contributed by atoms with E-state index in [4.69, 9.17) is 5.11 Å². The molecule has 1 saturated carbocycles. The van der Waals surface area contributed by atoms with Crippen LogP contribution >= 0.6 is 0 Å². The number of piperidine rings is 2. The van der Waals surface area contributed by atoms with Gasteiger partial charge in [0.05, 0.1) is 0 Å². The summed E-state index contributed by atoms with van der Waals surface area (Å²) in [6.07, 6.45) is 5.29. The van der Waals surface area contributed by atoms with Crippen molar-refractivity contribution in [3.8, 4) is 0 Å². The fourth-order valence-electron chi connectivity index (χ4n) is 4.00. The van der Waals surface area contributed by atoms with Gasteiger partial charge in [-0.25, -0.2) is 0 Å². The first kappa shape index (κ1) is 13.9. The predicted molar refractivity (Wildman–Crippen MR) is 74.2 cm³/mol. The number of carboxylic acids is 1. The lowest BCUT2D eigenvalue weighted by molar-refractivity contribution is -0.139. The van der Waals surface area contributed by atoms with Crippen LogP contribution in [0, 0.1) is 17.3 Å². The highest BCUT2D eigenvalue weighted by molar-refractivity contribution is 5.83. The Bertz CT molecular complexity index is 396. The number of nitrogens with one attached hydrogen (secondary N) is 1. The van der Waals surface area contributed by atoms with Crippen molar-refractivity contribution in [2.45, 2.75) is 38.5 Å². The molecule has 2 aliphatic heterocycles. The number of hydrogen-bond acceptors (Lipinski definition) is 3. The first-order valence-corrected chi connectivity index (χ1v) is 7.82. The average molecular weight is 280 g/mol. The summed E-state index contributed by atoms with van der Waals surface area (Å²) in [5, 5.41) is 12.2. The zero-order valence-corrected chi connectivity index (χ0v) is 11.9. The van der Waals surface area contributed by atoms with Crippen LogP contribution in [0.5, 0.6) is 0 Å². The number of nitrogens with zero attached hydrogens (tertiary/aromatic N) is 1. The van der Waals surface area contributed by atoms with Crippen molar-refractivity contribution in [2.24, 2.45) is 17.3 Å². The number of hydrogen-bond donors (Lipinski definition) is 2. The zero-order valence-electron chi connectivity index (χ0n) is 11.9. The van der Waals surface area contributed by atoms with Gasteiger partial charge in [0.2, 0.25) is 5.91 Å². The number of likely N-dealkylation sites (tertiary alicyclic amines) is 1. The summed E-state index contributed by atoms with van der Waals surface area (Å²) in [6.45, 7) is 3.60. The molecule has 0 aromatic rings. The van der Waals surface area contributed by atoms with Gasteiger partial charge in [-0.2, -0.15) is 0 Å². The minimum atomic E-state index is -0.717. The monoisotopic (exact) mass is 280 g/mol. The van der Waals surface area contributed by atoms with Gasteiger partial charge in [0.15, 0.2) is 0 Å². The Balaban J connectivity index is 1.49. The molecule has 5 heteroatoms. The average Bonchev–Trinajstić information content (AvgIpc) is 3.12. The molecule has 1 amide bonds. The summed E-state index contributed by atoms with van der Waals surface area (Å²) in [7, 11) is 0. The maximum Gasteiger partial charge on any atom is 0.303 e. The Morgan fingerprint density at radius 3 is 2.45 bits per heavy atom. The highest BCUT2D eigenvalue weighted by Gasteiger charge is 2.58. The Hall–Kier alpha value is -1.10. The highest BCUT2D eigenvalue weighted by Crippen LogP contribution is 2.59. The van der Waals surface area contributed by atoms with Crippen LogP contribution in [0.2, 0.25) is 0 Å². The van der Waals surface area contributed by atoms with Crippen molar-refractivity contribution in [3.63, 3.8) is 0 Å². The van der Waals surface area contributed by atoms with Gasteiger partial charge in [-0.3, -0.25) is 9.59 Å². The SMILES string of the molecule is O=C(O)CC1CCN(C(=O)C2CC23CCNCC3)CC1. The summed E-state index contributed by atoms with van der Waals surface area (Å²) < 4.78 is 0. The number of carboxylic acid groups (broad SMARTS) is 1. The van der Waals surface area contributed by atoms with Crippen molar-refractivity contribution in [1.82, 2.24) is 10.2 Å². The molecule has 0 bridgehead atoms. The van der Waals surface area contributed by atoms with E-state index in [1.807, 2.05) is 4.90 Å². The number of aliphatic carboxylic acids is 1. The number of carbonyl (C=O) groups is 2. The predicted octanol–water partition coefficient (Wildman–Crippen LogP) is 1.09. The molecule has 0 radical (unpaired) electrons. The van der Waals surface area contributed by atoms with E-state index in [1.165, 1.54) is 0 Å². The first-order valence-electron chi connectivity index (χ1n) is 7.82.